The van der Waals surface area contributed by atoms with Gasteiger partial charge in [0.25, 0.3) is 5.91 Å². The van der Waals surface area contributed by atoms with E-state index in [2.05, 4.69) is 20.2 Å². The number of aliphatic hydroxyl groups is 1. The third-order valence-electron chi connectivity index (χ3n) is 6.48. The van der Waals surface area contributed by atoms with Gasteiger partial charge in [0.2, 0.25) is 10.0 Å². The Morgan fingerprint density at radius 1 is 1.26 bits per heavy atom. The summed E-state index contributed by atoms with van der Waals surface area (Å²) in [6.07, 6.45) is 2.71. The highest BCUT2D eigenvalue weighted by Crippen LogP contribution is 2.60. The molecule has 0 radical (unpaired) electrons. The van der Waals surface area contributed by atoms with Crippen molar-refractivity contribution in [2.75, 3.05) is 7.05 Å². The smallest absolute Gasteiger partial charge is 0.251 e. The molecule has 1 aromatic heterocycles. The third kappa shape index (κ3) is 3.41. The number of hydrogen-bond donors (Lipinski definition) is 4. The first-order valence-corrected chi connectivity index (χ1v) is 11.8. The summed E-state index contributed by atoms with van der Waals surface area (Å²) in [7, 11) is -2.30. The van der Waals surface area contributed by atoms with Gasteiger partial charge in [-0.15, -0.1) is 0 Å². The number of aromatic nitrogens is 2. The lowest BCUT2D eigenvalue weighted by molar-refractivity contribution is 0.0293. The highest BCUT2D eigenvalue weighted by atomic mass is 35.5. The van der Waals surface area contributed by atoms with Crippen LogP contribution >= 0.6 is 11.6 Å². The number of sulfonamides is 1. The number of aromatic amines is 1. The van der Waals surface area contributed by atoms with E-state index < -0.39 is 15.6 Å². The summed E-state index contributed by atoms with van der Waals surface area (Å²) >= 11 is 6.23. The predicted octanol–water partition coefficient (Wildman–Crippen LogP) is 2.15. The summed E-state index contributed by atoms with van der Waals surface area (Å²) in [6, 6.07) is 9.44. The molecule has 0 saturated heterocycles. The number of carbonyl (C=O) groups excluding carboxylic acids is 1. The lowest BCUT2D eigenvalue weighted by atomic mass is 9.86. The van der Waals surface area contributed by atoms with Crippen molar-refractivity contribution in [3.8, 4) is 0 Å². The van der Waals surface area contributed by atoms with Gasteiger partial charge in [0.05, 0.1) is 22.2 Å². The van der Waals surface area contributed by atoms with Crippen molar-refractivity contribution in [3.63, 3.8) is 0 Å². The number of fused-ring (bicyclic) bond motifs is 2. The summed E-state index contributed by atoms with van der Waals surface area (Å²) in [5.41, 5.74) is 0.792. The van der Waals surface area contributed by atoms with Gasteiger partial charge >= 0.3 is 0 Å². The van der Waals surface area contributed by atoms with Crippen LogP contribution in [0.25, 0.3) is 10.9 Å². The number of H-pyrrole nitrogens is 1. The lowest BCUT2D eigenvalue weighted by Gasteiger charge is -2.27. The van der Waals surface area contributed by atoms with E-state index in [1.54, 1.807) is 30.5 Å². The first kappa shape index (κ1) is 20.4. The zero-order valence-electron chi connectivity index (χ0n) is 16.6. The summed E-state index contributed by atoms with van der Waals surface area (Å²) in [5.74, 6) is -0.0192. The van der Waals surface area contributed by atoms with Crippen molar-refractivity contribution >= 4 is 38.4 Å². The highest BCUT2D eigenvalue weighted by Gasteiger charge is 2.62. The van der Waals surface area contributed by atoms with Gasteiger partial charge < -0.3 is 10.4 Å². The molecule has 10 heteroatoms. The van der Waals surface area contributed by atoms with E-state index in [1.807, 2.05) is 0 Å². The second-order valence-electron chi connectivity index (χ2n) is 8.29. The van der Waals surface area contributed by atoms with Crippen molar-refractivity contribution in [2.45, 2.75) is 29.4 Å². The van der Waals surface area contributed by atoms with Crippen LogP contribution in [0, 0.1) is 11.8 Å². The Bertz CT molecular complexity index is 1290. The van der Waals surface area contributed by atoms with Gasteiger partial charge in [0.1, 0.15) is 0 Å². The zero-order valence-corrected chi connectivity index (χ0v) is 18.2. The number of amides is 1. The van der Waals surface area contributed by atoms with Crippen LogP contribution in [0.1, 0.15) is 28.8 Å². The number of rotatable bonds is 5. The summed E-state index contributed by atoms with van der Waals surface area (Å²) in [5, 5.41) is 22.6. The number of carbonyl (C=O) groups is 1. The third-order valence-corrected chi connectivity index (χ3v) is 8.11. The van der Waals surface area contributed by atoms with Crippen LogP contribution in [0.2, 0.25) is 5.02 Å². The average molecular weight is 461 g/mol. The number of benzene rings is 2. The summed E-state index contributed by atoms with van der Waals surface area (Å²) < 4.78 is 26.2. The van der Waals surface area contributed by atoms with E-state index in [1.165, 1.54) is 19.2 Å². The van der Waals surface area contributed by atoms with Gasteiger partial charge in [-0.3, -0.25) is 9.89 Å². The molecule has 5 rings (SSSR count). The second-order valence-corrected chi connectivity index (χ2v) is 10.6. The van der Waals surface area contributed by atoms with Crippen molar-refractivity contribution in [1.82, 2.24) is 20.2 Å². The van der Waals surface area contributed by atoms with Crippen molar-refractivity contribution in [3.05, 3.63) is 58.7 Å². The standard InChI is InChI=1S/C21H21ClN4O4S/c1-23-31(29,30)13-4-2-3-11(5-13)20(27)25-19-14-8-21(28,9-15(14)19)17-6-12(22)7-18-16(17)10-24-26-18/h2-7,10,14-15,19,23,28H,8-9H2,1H3,(H,24,26)(H,25,27). The summed E-state index contributed by atoms with van der Waals surface area (Å²) in [4.78, 5) is 12.7. The molecular formula is C21H21ClN4O4S. The average Bonchev–Trinajstić information content (AvgIpc) is 3.11. The fourth-order valence-electron chi connectivity index (χ4n) is 4.86. The molecule has 2 aromatic carbocycles. The van der Waals surface area contributed by atoms with Gasteiger partial charge in [-0.1, -0.05) is 17.7 Å². The van der Waals surface area contributed by atoms with Gasteiger partial charge in [0.15, 0.2) is 0 Å². The monoisotopic (exact) mass is 460 g/mol. The summed E-state index contributed by atoms with van der Waals surface area (Å²) in [6.45, 7) is 0. The van der Waals surface area contributed by atoms with Crippen LogP contribution in [0.5, 0.6) is 0 Å². The Labute approximate surface area is 184 Å². The SMILES string of the molecule is CNS(=O)(=O)c1cccc(C(=O)NC2C3CC(O)(c4cc(Cl)cc5[nH]ncc45)CC32)c1. The predicted molar refractivity (Wildman–Crippen MR) is 115 cm³/mol. The Kier molecular flexibility index (Phi) is 4.63. The topological polar surface area (TPSA) is 124 Å². The van der Waals surface area contributed by atoms with Crippen LogP contribution in [0.3, 0.4) is 0 Å². The molecule has 162 valence electrons. The molecule has 0 aliphatic heterocycles. The van der Waals surface area contributed by atoms with Crippen LogP contribution < -0.4 is 10.0 Å². The minimum Gasteiger partial charge on any atom is -0.385 e. The Hall–Kier alpha value is -2.46. The van der Waals surface area contributed by atoms with E-state index in [9.17, 15) is 18.3 Å². The molecule has 2 aliphatic carbocycles. The van der Waals surface area contributed by atoms with Crippen molar-refractivity contribution in [2.24, 2.45) is 11.8 Å². The van der Waals surface area contributed by atoms with E-state index in [0.29, 0.717) is 17.9 Å². The maximum absolute atomic E-state index is 12.7. The molecule has 1 heterocycles. The number of nitrogens with zero attached hydrogens (tertiary/aromatic N) is 1. The normalized spacial score (nSPS) is 27.3. The molecule has 1 amide bonds. The highest BCUT2D eigenvalue weighted by molar-refractivity contribution is 7.89. The van der Waals surface area contributed by atoms with Crippen LogP contribution in [-0.2, 0) is 15.6 Å². The number of nitrogens with one attached hydrogen (secondary N) is 3. The molecule has 0 spiro atoms. The quantitative estimate of drug-likeness (QED) is 0.464. The Morgan fingerprint density at radius 3 is 2.71 bits per heavy atom. The maximum atomic E-state index is 12.7. The van der Waals surface area contributed by atoms with Gasteiger partial charge in [0, 0.05) is 22.0 Å². The largest absolute Gasteiger partial charge is 0.385 e. The molecular weight excluding hydrogens is 440 g/mol. The first-order valence-electron chi connectivity index (χ1n) is 9.92. The van der Waals surface area contributed by atoms with Crippen molar-refractivity contribution in [1.29, 1.82) is 0 Å². The van der Waals surface area contributed by atoms with E-state index in [0.717, 1.165) is 16.5 Å². The minimum absolute atomic E-state index is 0.0399. The molecule has 8 nitrogen and oxygen atoms in total. The molecule has 0 bridgehead atoms. The molecule has 2 unspecified atom stereocenters. The fourth-order valence-corrected chi connectivity index (χ4v) is 5.85. The lowest BCUT2D eigenvalue weighted by Crippen LogP contribution is -2.33. The molecule has 2 fully saturated rings. The van der Waals surface area contributed by atoms with Gasteiger partial charge in [-0.25, -0.2) is 13.1 Å². The zero-order chi connectivity index (χ0) is 22.0. The van der Waals surface area contributed by atoms with E-state index >= 15 is 0 Å². The molecule has 2 atom stereocenters. The molecule has 3 aromatic rings. The second kappa shape index (κ2) is 7.03. The van der Waals surface area contributed by atoms with Crippen LogP contribution in [-0.4, -0.2) is 42.7 Å². The van der Waals surface area contributed by atoms with Gasteiger partial charge in [-0.05, 0) is 67.6 Å². The van der Waals surface area contributed by atoms with Crippen LogP contribution in [0.15, 0.2) is 47.5 Å². The first-order chi connectivity index (χ1) is 14.7. The maximum Gasteiger partial charge on any atom is 0.251 e. The van der Waals surface area contributed by atoms with E-state index in [-0.39, 0.29) is 34.2 Å². The number of halogens is 1. The van der Waals surface area contributed by atoms with E-state index in [4.69, 9.17) is 11.6 Å². The fraction of sp³-hybridized carbons (Fsp3) is 0.333. The molecule has 4 N–H and O–H groups in total. The molecule has 2 aliphatic rings. The molecule has 2 saturated carbocycles. The Morgan fingerprint density at radius 2 is 2.00 bits per heavy atom. The number of hydrogen-bond acceptors (Lipinski definition) is 5. The van der Waals surface area contributed by atoms with Crippen LogP contribution in [0.4, 0.5) is 0 Å². The minimum atomic E-state index is -3.63. The van der Waals surface area contributed by atoms with Gasteiger partial charge in [-0.2, -0.15) is 5.10 Å². The Balaban J connectivity index is 1.30. The van der Waals surface area contributed by atoms with Crippen molar-refractivity contribution < 1.29 is 18.3 Å². The molecule has 31 heavy (non-hydrogen) atoms.